The first kappa shape index (κ1) is 12.6. The summed E-state index contributed by atoms with van der Waals surface area (Å²) >= 11 is 1.12. The molecular weight excluding hydrogens is 248 g/mol. The summed E-state index contributed by atoms with van der Waals surface area (Å²) in [5.74, 6) is -0.777. The molecule has 0 aliphatic carbocycles. The van der Waals surface area contributed by atoms with Crippen LogP contribution in [0.5, 0.6) is 0 Å². The number of ketones is 1. The second-order valence-corrected chi connectivity index (χ2v) is 4.82. The van der Waals surface area contributed by atoms with Crippen molar-refractivity contribution in [1.82, 2.24) is 0 Å². The van der Waals surface area contributed by atoms with Crippen LogP contribution in [0.4, 0.5) is 0 Å². The molecule has 2 rings (SSSR count). The molecule has 2 aromatic rings. The van der Waals surface area contributed by atoms with Crippen LogP contribution in [0.25, 0.3) is 10.8 Å². The summed E-state index contributed by atoms with van der Waals surface area (Å²) in [5, 5.41) is 10.5. The molecule has 0 atom stereocenters. The first-order chi connectivity index (χ1) is 8.68. The fraction of sp³-hybridized carbons (Fsp3) is 0.143. The first-order valence-corrected chi connectivity index (χ1v) is 6.64. The molecule has 0 aliphatic heterocycles. The summed E-state index contributed by atoms with van der Waals surface area (Å²) in [6.07, 6.45) is 0. The van der Waals surface area contributed by atoms with Crippen molar-refractivity contribution in [1.29, 1.82) is 0 Å². The Morgan fingerprint density at radius 2 is 1.72 bits per heavy atom. The van der Waals surface area contributed by atoms with Crippen LogP contribution in [0.15, 0.2) is 42.5 Å². The first-order valence-electron chi connectivity index (χ1n) is 5.49. The van der Waals surface area contributed by atoms with Gasteiger partial charge in [-0.3, -0.25) is 9.59 Å². The highest BCUT2D eigenvalue weighted by Crippen LogP contribution is 2.20. The molecular formula is C14H12O3S. The van der Waals surface area contributed by atoms with Gasteiger partial charge >= 0.3 is 5.97 Å². The summed E-state index contributed by atoms with van der Waals surface area (Å²) in [5.41, 5.74) is 0.658. The standard InChI is InChI=1S/C14H12O3S/c15-13(8-18-9-14(16)17)12-7-3-5-10-4-1-2-6-11(10)12/h1-7H,8-9H2,(H,16,17). The number of benzene rings is 2. The predicted molar refractivity (Wildman–Crippen MR) is 73.2 cm³/mol. The molecule has 1 N–H and O–H groups in total. The highest BCUT2D eigenvalue weighted by molar-refractivity contribution is 8.00. The number of hydrogen-bond donors (Lipinski definition) is 1. The smallest absolute Gasteiger partial charge is 0.313 e. The monoisotopic (exact) mass is 260 g/mol. The molecule has 18 heavy (non-hydrogen) atoms. The molecule has 0 spiro atoms. The van der Waals surface area contributed by atoms with Crippen LogP contribution in [0.3, 0.4) is 0 Å². The number of rotatable bonds is 5. The maximum absolute atomic E-state index is 12.0. The number of carbonyl (C=O) groups excluding carboxylic acids is 1. The lowest BCUT2D eigenvalue weighted by atomic mass is 10.0. The van der Waals surface area contributed by atoms with E-state index in [9.17, 15) is 9.59 Å². The topological polar surface area (TPSA) is 54.4 Å². The third-order valence-electron chi connectivity index (χ3n) is 2.55. The Bertz CT molecular complexity index is 587. The van der Waals surface area contributed by atoms with Crippen molar-refractivity contribution in [3.63, 3.8) is 0 Å². The third-order valence-corrected chi connectivity index (χ3v) is 3.47. The normalized spacial score (nSPS) is 10.4. The number of carboxylic acid groups (broad SMARTS) is 1. The second-order valence-electron chi connectivity index (χ2n) is 3.84. The fourth-order valence-corrected chi connectivity index (χ4v) is 2.39. The van der Waals surface area contributed by atoms with E-state index in [0.717, 1.165) is 22.5 Å². The van der Waals surface area contributed by atoms with Crippen LogP contribution in [-0.2, 0) is 4.79 Å². The summed E-state index contributed by atoms with van der Waals surface area (Å²) < 4.78 is 0. The van der Waals surface area contributed by atoms with Crippen LogP contribution in [-0.4, -0.2) is 28.4 Å². The van der Waals surface area contributed by atoms with Crippen molar-refractivity contribution < 1.29 is 14.7 Å². The van der Waals surface area contributed by atoms with Gasteiger partial charge in [-0.2, -0.15) is 0 Å². The Labute approximate surface area is 109 Å². The van der Waals surface area contributed by atoms with Gasteiger partial charge < -0.3 is 5.11 Å². The predicted octanol–water partition coefficient (Wildman–Crippen LogP) is 2.84. The Morgan fingerprint density at radius 3 is 2.50 bits per heavy atom. The number of hydrogen-bond acceptors (Lipinski definition) is 3. The zero-order valence-electron chi connectivity index (χ0n) is 9.63. The van der Waals surface area contributed by atoms with Crippen LogP contribution < -0.4 is 0 Å². The molecule has 0 fully saturated rings. The average molecular weight is 260 g/mol. The Kier molecular flexibility index (Phi) is 3.99. The number of aliphatic carboxylic acids is 1. The minimum absolute atomic E-state index is 0.0296. The van der Waals surface area contributed by atoms with Crippen molar-refractivity contribution in [3.8, 4) is 0 Å². The van der Waals surface area contributed by atoms with Crippen LogP contribution >= 0.6 is 11.8 Å². The number of Topliss-reactive ketones (excluding diaryl/α,β-unsaturated/α-hetero) is 1. The number of thioether (sulfide) groups is 1. The Balaban J connectivity index is 2.20. The van der Waals surface area contributed by atoms with Gasteiger partial charge in [-0.15, -0.1) is 11.8 Å². The average Bonchev–Trinajstić information content (AvgIpc) is 2.37. The van der Waals surface area contributed by atoms with Gasteiger partial charge in [0.25, 0.3) is 0 Å². The molecule has 2 aromatic carbocycles. The quantitative estimate of drug-likeness (QED) is 0.840. The molecule has 0 amide bonds. The van der Waals surface area contributed by atoms with E-state index in [0.29, 0.717) is 5.56 Å². The highest BCUT2D eigenvalue weighted by Gasteiger charge is 2.10. The second kappa shape index (κ2) is 5.69. The van der Waals surface area contributed by atoms with Gasteiger partial charge in [-0.1, -0.05) is 42.5 Å². The maximum Gasteiger partial charge on any atom is 0.313 e. The lowest BCUT2D eigenvalue weighted by Gasteiger charge is -2.05. The van der Waals surface area contributed by atoms with Gasteiger partial charge in [0.15, 0.2) is 5.78 Å². The lowest BCUT2D eigenvalue weighted by molar-refractivity contribution is -0.133. The van der Waals surface area contributed by atoms with E-state index in [-0.39, 0.29) is 17.3 Å². The van der Waals surface area contributed by atoms with Crippen molar-refractivity contribution in [2.24, 2.45) is 0 Å². The molecule has 4 heteroatoms. The molecule has 0 saturated carbocycles. The van der Waals surface area contributed by atoms with Crippen molar-refractivity contribution in [2.45, 2.75) is 0 Å². The van der Waals surface area contributed by atoms with Gasteiger partial charge in [0.1, 0.15) is 0 Å². The van der Waals surface area contributed by atoms with Crippen LogP contribution in [0.1, 0.15) is 10.4 Å². The molecule has 0 unspecified atom stereocenters. The molecule has 3 nitrogen and oxygen atoms in total. The molecule has 0 heterocycles. The van der Waals surface area contributed by atoms with Crippen LogP contribution in [0.2, 0.25) is 0 Å². The lowest BCUT2D eigenvalue weighted by Crippen LogP contribution is -2.06. The van der Waals surface area contributed by atoms with Crippen LogP contribution in [0, 0.1) is 0 Å². The summed E-state index contributed by atoms with van der Waals surface area (Å²) in [6.45, 7) is 0. The van der Waals surface area contributed by atoms with Gasteiger partial charge in [-0.05, 0) is 10.8 Å². The SMILES string of the molecule is O=C(O)CSCC(=O)c1cccc2ccccc12. The van der Waals surface area contributed by atoms with Gasteiger partial charge in [0, 0.05) is 5.56 Å². The largest absolute Gasteiger partial charge is 0.481 e. The molecule has 0 bridgehead atoms. The zero-order valence-corrected chi connectivity index (χ0v) is 10.4. The van der Waals surface area contributed by atoms with Gasteiger partial charge in [0.05, 0.1) is 11.5 Å². The number of carboxylic acids is 1. The summed E-state index contributed by atoms with van der Waals surface area (Å²) in [4.78, 5) is 22.4. The molecule has 0 radical (unpaired) electrons. The minimum atomic E-state index is -0.897. The van der Waals surface area contributed by atoms with E-state index in [4.69, 9.17) is 5.11 Å². The van der Waals surface area contributed by atoms with Gasteiger partial charge in [0.2, 0.25) is 0 Å². The van der Waals surface area contributed by atoms with Crippen molar-refractivity contribution >= 4 is 34.3 Å². The number of carbonyl (C=O) groups is 2. The Hall–Kier alpha value is -1.81. The zero-order chi connectivity index (χ0) is 13.0. The third kappa shape index (κ3) is 2.90. The Morgan fingerprint density at radius 1 is 1.00 bits per heavy atom. The summed E-state index contributed by atoms with van der Waals surface area (Å²) in [6, 6.07) is 13.3. The highest BCUT2D eigenvalue weighted by atomic mass is 32.2. The van der Waals surface area contributed by atoms with E-state index in [1.54, 1.807) is 6.07 Å². The fourth-order valence-electron chi connectivity index (χ4n) is 1.78. The van der Waals surface area contributed by atoms with E-state index in [2.05, 4.69) is 0 Å². The van der Waals surface area contributed by atoms with E-state index >= 15 is 0 Å². The maximum atomic E-state index is 12.0. The minimum Gasteiger partial charge on any atom is -0.481 e. The van der Waals surface area contributed by atoms with E-state index in [1.807, 2.05) is 36.4 Å². The van der Waals surface area contributed by atoms with Crippen molar-refractivity contribution in [2.75, 3.05) is 11.5 Å². The molecule has 0 saturated heterocycles. The van der Waals surface area contributed by atoms with Gasteiger partial charge in [-0.25, -0.2) is 0 Å². The summed E-state index contributed by atoms with van der Waals surface area (Å²) in [7, 11) is 0. The van der Waals surface area contributed by atoms with E-state index in [1.165, 1.54) is 0 Å². The van der Waals surface area contributed by atoms with Crippen molar-refractivity contribution in [3.05, 3.63) is 48.0 Å². The molecule has 92 valence electrons. The van der Waals surface area contributed by atoms with E-state index < -0.39 is 5.97 Å². The number of fused-ring (bicyclic) bond motifs is 1. The molecule has 0 aliphatic rings. The molecule has 0 aromatic heterocycles.